The highest BCUT2D eigenvalue weighted by Crippen LogP contribution is 2.54. The standard InChI is InChI=1S/C15H7Br2ClF7NS/c16-10-4-8(27-15(24,25)13(19,20)14(21,22)23)5-11(17)9(10)3-7-1-2-12(18)26-6-7/h1-2,4-6H,3H2. The van der Waals surface area contributed by atoms with Gasteiger partial charge < -0.3 is 0 Å². The van der Waals surface area contributed by atoms with E-state index in [1.807, 2.05) is 0 Å². The van der Waals surface area contributed by atoms with Crippen LogP contribution in [0.25, 0.3) is 0 Å². The number of pyridine rings is 1. The molecule has 12 heteroatoms. The van der Waals surface area contributed by atoms with Crippen LogP contribution in [0.5, 0.6) is 0 Å². The highest BCUT2D eigenvalue weighted by atomic mass is 79.9. The molecule has 0 aliphatic rings. The lowest BCUT2D eigenvalue weighted by Crippen LogP contribution is -2.49. The number of rotatable bonds is 5. The van der Waals surface area contributed by atoms with Crippen LogP contribution in [0, 0.1) is 0 Å². The van der Waals surface area contributed by atoms with Gasteiger partial charge in [-0.3, -0.25) is 0 Å². The number of alkyl halides is 7. The predicted octanol–water partition coefficient (Wildman–Crippen LogP) is 7.73. The minimum atomic E-state index is -6.38. The molecule has 1 heterocycles. The largest absolute Gasteiger partial charge is 0.460 e. The van der Waals surface area contributed by atoms with Gasteiger partial charge in [0.05, 0.1) is 0 Å². The van der Waals surface area contributed by atoms with Crippen LogP contribution >= 0.6 is 55.2 Å². The van der Waals surface area contributed by atoms with Gasteiger partial charge in [0.1, 0.15) is 5.15 Å². The first-order valence-corrected chi connectivity index (χ1v) is 9.62. The molecule has 0 saturated heterocycles. The summed E-state index contributed by atoms with van der Waals surface area (Å²) >= 11 is 11.1. The highest BCUT2D eigenvalue weighted by molar-refractivity contribution is 9.11. The van der Waals surface area contributed by atoms with E-state index in [0.29, 0.717) is 5.56 Å². The van der Waals surface area contributed by atoms with E-state index in [1.165, 1.54) is 6.20 Å². The average Bonchev–Trinajstić information content (AvgIpc) is 2.51. The van der Waals surface area contributed by atoms with Crippen molar-refractivity contribution in [2.24, 2.45) is 0 Å². The molecule has 0 spiro atoms. The van der Waals surface area contributed by atoms with Crippen molar-refractivity contribution in [3.05, 3.63) is 55.7 Å². The van der Waals surface area contributed by atoms with Crippen LogP contribution in [-0.2, 0) is 6.42 Å². The first kappa shape index (κ1) is 22.8. The molecule has 2 aromatic rings. The van der Waals surface area contributed by atoms with E-state index in [0.717, 1.165) is 17.7 Å². The number of halogens is 10. The molecule has 0 N–H and O–H groups in total. The second kappa shape index (κ2) is 8.08. The van der Waals surface area contributed by atoms with Crippen molar-refractivity contribution in [3.63, 3.8) is 0 Å². The van der Waals surface area contributed by atoms with Crippen LogP contribution in [0.15, 0.2) is 44.3 Å². The van der Waals surface area contributed by atoms with Crippen LogP contribution in [0.2, 0.25) is 5.15 Å². The lowest BCUT2D eigenvalue weighted by Gasteiger charge is -2.27. The third-order valence-electron chi connectivity index (χ3n) is 3.25. The Labute approximate surface area is 174 Å². The van der Waals surface area contributed by atoms with Crippen LogP contribution in [0.1, 0.15) is 11.1 Å². The van der Waals surface area contributed by atoms with Gasteiger partial charge in [0.25, 0.3) is 0 Å². The predicted molar refractivity (Wildman–Crippen MR) is 95.7 cm³/mol. The van der Waals surface area contributed by atoms with Gasteiger partial charge in [0.2, 0.25) is 0 Å². The number of aromatic nitrogens is 1. The second-order valence-electron chi connectivity index (χ2n) is 5.22. The summed E-state index contributed by atoms with van der Waals surface area (Å²) in [6.45, 7) is 0. The van der Waals surface area contributed by atoms with Crippen LogP contribution < -0.4 is 0 Å². The zero-order valence-electron chi connectivity index (χ0n) is 12.7. The molecular formula is C15H7Br2ClF7NS. The summed E-state index contributed by atoms with van der Waals surface area (Å²) in [4.78, 5) is 3.42. The van der Waals surface area contributed by atoms with Gasteiger partial charge in [-0.05, 0) is 41.1 Å². The lowest BCUT2D eigenvalue weighted by molar-refractivity contribution is -0.330. The molecule has 2 rings (SSSR count). The number of nitrogens with zero attached hydrogens (tertiary/aromatic N) is 1. The topological polar surface area (TPSA) is 12.9 Å². The quantitative estimate of drug-likeness (QED) is 0.211. The third kappa shape index (κ3) is 5.10. The summed E-state index contributed by atoms with van der Waals surface area (Å²) in [6, 6.07) is 5.32. The van der Waals surface area contributed by atoms with Gasteiger partial charge in [0.15, 0.2) is 0 Å². The Morgan fingerprint density at radius 2 is 1.52 bits per heavy atom. The molecule has 1 aromatic heterocycles. The Hall–Kier alpha value is -0.520. The Morgan fingerprint density at radius 3 is 1.96 bits per heavy atom. The summed E-state index contributed by atoms with van der Waals surface area (Å²) in [6.07, 6.45) is -4.60. The van der Waals surface area contributed by atoms with Crippen molar-refractivity contribution in [2.75, 3.05) is 0 Å². The molecule has 0 unspecified atom stereocenters. The molecule has 0 fully saturated rings. The van der Waals surface area contributed by atoms with Crippen molar-refractivity contribution in [1.29, 1.82) is 0 Å². The van der Waals surface area contributed by atoms with E-state index < -0.39 is 34.0 Å². The molecule has 0 aliphatic heterocycles. The van der Waals surface area contributed by atoms with Crippen LogP contribution in [0.4, 0.5) is 30.7 Å². The molecule has 0 saturated carbocycles. The Morgan fingerprint density at radius 1 is 0.963 bits per heavy atom. The zero-order chi connectivity index (χ0) is 20.6. The fourth-order valence-corrected chi connectivity index (χ4v) is 4.67. The smallest absolute Gasteiger partial charge is 0.244 e. The monoisotopic (exact) mass is 559 g/mol. The first-order chi connectivity index (χ1) is 12.2. The Balaban J connectivity index is 2.29. The third-order valence-corrected chi connectivity index (χ3v) is 5.87. The van der Waals surface area contributed by atoms with Gasteiger partial charge in [-0.25, -0.2) is 4.98 Å². The maximum atomic E-state index is 13.6. The van der Waals surface area contributed by atoms with Crippen molar-refractivity contribution in [1.82, 2.24) is 4.98 Å². The molecule has 0 amide bonds. The maximum Gasteiger partial charge on any atom is 0.460 e. The number of hydrogen-bond donors (Lipinski definition) is 0. The van der Waals surface area contributed by atoms with Crippen molar-refractivity contribution >= 4 is 55.2 Å². The minimum Gasteiger partial charge on any atom is -0.244 e. The van der Waals surface area contributed by atoms with Gasteiger partial charge in [-0.15, -0.1) is 0 Å². The molecule has 1 nitrogen and oxygen atoms in total. The number of thioether (sulfide) groups is 1. The van der Waals surface area contributed by atoms with Gasteiger partial charge >= 0.3 is 17.4 Å². The lowest BCUT2D eigenvalue weighted by atomic mass is 10.1. The minimum absolute atomic E-state index is 0.250. The molecule has 0 aliphatic carbocycles. The van der Waals surface area contributed by atoms with Crippen LogP contribution in [-0.4, -0.2) is 22.3 Å². The molecule has 1 aromatic carbocycles. The van der Waals surface area contributed by atoms with Crippen molar-refractivity contribution in [3.8, 4) is 0 Å². The van der Waals surface area contributed by atoms with Crippen molar-refractivity contribution < 1.29 is 30.7 Å². The Bertz CT molecular complexity index is 805. The van der Waals surface area contributed by atoms with E-state index in [-0.39, 0.29) is 20.5 Å². The molecule has 0 atom stereocenters. The Kier molecular flexibility index (Phi) is 6.81. The summed E-state index contributed by atoms with van der Waals surface area (Å²) in [7, 11) is 0. The summed E-state index contributed by atoms with van der Waals surface area (Å²) in [5.41, 5.74) is 1.28. The van der Waals surface area contributed by atoms with E-state index in [1.54, 1.807) is 12.1 Å². The summed E-state index contributed by atoms with van der Waals surface area (Å²) < 4.78 is 90.5. The first-order valence-electron chi connectivity index (χ1n) is 6.84. The maximum absolute atomic E-state index is 13.6. The second-order valence-corrected chi connectivity index (χ2v) is 8.51. The highest BCUT2D eigenvalue weighted by Gasteiger charge is 2.73. The number of benzene rings is 1. The SMILES string of the molecule is FC(F)(F)C(F)(F)C(F)(F)Sc1cc(Br)c(Cc2ccc(Cl)nc2)c(Br)c1. The van der Waals surface area contributed by atoms with Crippen molar-refractivity contribution in [2.45, 2.75) is 28.7 Å². The van der Waals surface area contributed by atoms with Gasteiger partial charge in [0, 0.05) is 26.5 Å². The van der Waals surface area contributed by atoms with E-state index in [9.17, 15) is 30.7 Å². The molecule has 0 radical (unpaired) electrons. The summed E-state index contributed by atoms with van der Waals surface area (Å²) in [5, 5.41) is -5.11. The molecule has 27 heavy (non-hydrogen) atoms. The fraction of sp³-hybridized carbons (Fsp3) is 0.267. The van der Waals surface area contributed by atoms with Crippen LogP contribution in [0.3, 0.4) is 0 Å². The normalized spacial score (nSPS) is 13.1. The van der Waals surface area contributed by atoms with E-state index >= 15 is 0 Å². The fourth-order valence-electron chi connectivity index (χ4n) is 1.90. The van der Waals surface area contributed by atoms with E-state index in [2.05, 4.69) is 36.8 Å². The number of hydrogen-bond acceptors (Lipinski definition) is 2. The molecule has 0 bridgehead atoms. The van der Waals surface area contributed by atoms with Gasteiger partial charge in [-0.1, -0.05) is 49.5 Å². The van der Waals surface area contributed by atoms with E-state index in [4.69, 9.17) is 11.6 Å². The zero-order valence-corrected chi connectivity index (χ0v) is 17.5. The summed E-state index contributed by atoms with van der Waals surface area (Å²) in [5.74, 6) is -6.18. The molecule has 148 valence electrons. The molecular weight excluding hydrogens is 554 g/mol. The van der Waals surface area contributed by atoms with Gasteiger partial charge in [-0.2, -0.15) is 30.7 Å². The average molecular weight is 562 g/mol.